The maximum absolute atomic E-state index is 13.4. The van der Waals surface area contributed by atoms with Crippen LogP contribution in [0.25, 0.3) is 11.3 Å². The fourth-order valence-electron chi connectivity index (χ4n) is 3.21. The first-order valence-corrected chi connectivity index (χ1v) is 8.50. The summed E-state index contributed by atoms with van der Waals surface area (Å²) in [6.45, 7) is 0.460. The fraction of sp³-hybridized carbons (Fsp3) is 0.150. The molecule has 7 heteroatoms. The van der Waals surface area contributed by atoms with E-state index in [-0.39, 0.29) is 11.7 Å². The average molecular weight is 363 g/mol. The Morgan fingerprint density at radius 3 is 2.81 bits per heavy atom. The molecule has 0 unspecified atom stereocenters. The topological polar surface area (TPSA) is 70.2 Å². The third-order valence-electron chi connectivity index (χ3n) is 4.44. The number of rotatable bonds is 4. The van der Waals surface area contributed by atoms with Gasteiger partial charge in [-0.05, 0) is 35.9 Å². The number of aromatic nitrogens is 2. The van der Waals surface area contributed by atoms with Crippen LogP contribution in [0.4, 0.5) is 21.7 Å². The number of amides is 1. The molecule has 0 fully saturated rings. The second-order valence-electron chi connectivity index (χ2n) is 6.46. The second-order valence-corrected chi connectivity index (χ2v) is 6.46. The van der Waals surface area contributed by atoms with Crippen LogP contribution in [0.15, 0.2) is 48.7 Å². The van der Waals surface area contributed by atoms with Crippen LogP contribution in [0.3, 0.4) is 0 Å². The Labute approximate surface area is 156 Å². The molecule has 0 aliphatic carbocycles. The van der Waals surface area contributed by atoms with Crippen LogP contribution in [0.1, 0.15) is 15.9 Å². The molecular formula is C20H18FN5O. The summed E-state index contributed by atoms with van der Waals surface area (Å²) in [6.07, 6.45) is 1.64. The maximum atomic E-state index is 13.4. The number of anilines is 3. The smallest absolute Gasteiger partial charge is 0.254 e. The van der Waals surface area contributed by atoms with Gasteiger partial charge in [-0.25, -0.2) is 14.4 Å². The number of benzene rings is 2. The molecule has 6 nitrogen and oxygen atoms in total. The summed E-state index contributed by atoms with van der Waals surface area (Å²) in [7, 11) is 3.82. The molecule has 1 amide bonds. The first-order chi connectivity index (χ1) is 13.0. The van der Waals surface area contributed by atoms with Gasteiger partial charge in [0.25, 0.3) is 5.91 Å². The van der Waals surface area contributed by atoms with Crippen molar-refractivity contribution in [2.45, 2.75) is 6.54 Å². The van der Waals surface area contributed by atoms with Crippen LogP contribution in [0, 0.1) is 5.82 Å². The van der Waals surface area contributed by atoms with Gasteiger partial charge in [0.2, 0.25) is 5.95 Å². The van der Waals surface area contributed by atoms with Crippen LogP contribution in [0.5, 0.6) is 0 Å². The van der Waals surface area contributed by atoms with Crippen LogP contribution in [-0.4, -0.2) is 30.0 Å². The quantitative estimate of drug-likeness (QED) is 0.744. The molecular weight excluding hydrogens is 345 g/mol. The minimum atomic E-state index is -0.335. The van der Waals surface area contributed by atoms with Crippen molar-refractivity contribution in [1.82, 2.24) is 15.3 Å². The predicted octanol–water partition coefficient (Wildman–Crippen LogP) is 3.34. The summed E-state index contributed by atoms with van der Waals surface area (Å²) in [5.41, 5.74) is 4.60. The zero-order valence-electron chi connectivity index (χ0n) is 15.0. The molecule has 0 atom stereocenters. The number of fused-ring (bicyclic) bond motifs is 1. The van der Waals surface area contributed by atoms with E-state index in [4.69, 9.17) is 0 Å². The predicted molar refractivity (Wildman–Crippen MR) is 103 cm³/mol. The van der Waals surface area contributed by atoms with E-state index in [0.29, 0.717) is 29.4 Å². The lowest BCUT2D eigenvalue weighted by Gasteiger charge is -2.17. The van der Waals surface area contributed by atoms with Crippen molar-refractivity contribution >= 4 is 23.2 Å². The fourth-order valence-corrected chi connectivity index (χ4v) is 3.21. The molecule has 0 bridgehead atoms. The SMILES string of the molecule is CN(C)c1ccc(-c2ccnc(Nc3cccc(F)c3)n2)c2c1C(=O)NC2. The van der Waals surface area contributed by atoms with E-state index in [1.54, 1.807) is 24.4 Å². The molecule has 27 heavy (non-hydrogen) atoms. The lowest BCUT2D eigenvalue weighted by Crippen LogP contribution is -2.17. The van der Waals surface area contributed by atoms with E-state index in [2.05, 4.69) is 20.6 Å². The van der Waals surface area contributed by atoms with Crippen molar-refractivity contribution < 1.29 is 9.18 Å². The van der Waals surface area contributed by atoms with E-state index in [1.807, 2.05) is 31.1 Å². The molecule has 0 saturated heterocycles. The van der Waals surface area contributed by atoms with E-state index in [9.17, 15) is 9.18 Å². The van der Waals surface area contributed by atoms with Gasteiger partial charge in [0.1, 0.15) is 5.82 Å². The van der Waals surface area contributed by atoms with Gasteiger partial charge in [-0.1, -0.05) is 12.1 Å². The monoisotopic (exact) mass is 363 g/mol. The Kier molecular flexibility index (Phi) is 4.19. The van der Waals surface area contributed by atoms with Crippen molar-refractivity contribution in [2.24, 2.45) is 0 Å². The largest absolute Gasteiger partial charge is 0.377 e. The van der Waals surface area contributed by atoms with Gasteiger partial charge in [-0.15, -0.1) is 0 Å². The number of carbonyl (C=O) groups excluding carboxylic acids is 1. The van der Waals surface area contributed by atoms with Gasteiger partial charge in [0.15, 0.2) is 0 Å². The highest BCUT2D eigenvalue weighted by Gasteiger charge is 2.27. The summed E-state index contributed by atoms with van der Waals surface area (Å²) in [6, 6.07) is 11.8. The van der Waals surface area contributed by atoms with Crippen molar-refractivity contribution in [3.63, 3.8) is 0 Å². The number of carbonyl (C=O) groups is 1. The van der Waals surface area contributed by atoms with Crippen LogP contribution >= 0.6 is 0 Å². The number of hydrogen-bond donors (Lipinski definition) is 2. The van der Waals surface area contributed by atoms with Crippen LogP contribution < -0.4 is 15.5 Å². The van der Waals surface area contributed by atoms with Crippen molar-refractivity contribution in [3.8, 4) is 11.3 Å². The Balaban J connectivity index is 1.74. The highest BCUT2D eigenvalue weighted by molar-refractivity contribution is 6.05. The zero-order valence-corrected chi connectivity index (χ0v) is 15.0. The number of hydrogen-bond acceptors (Lipinski definition) is 5. The minimum absolute atomic E-state index is 0.0808. The van der Waals surface area contributed by atoms with E-state index in [1.165, 1.54) is 12.1 Å². The first-order valence-electron chi connectivity index (χ1n) is 8.50. The number of nitrogens with zero attached hydrogens (tertiary/aromatic N) is 3. The molecule has 3 aromatic rings. The third kappa shape index (κ3) is 3.19. The van der Waals surface area contributed by atoms with E-state index < -0.39 is 0 Å². The first kappa shape index (κ1) is 17.0. The van der Waals surface area contributed by atoms with E-state index >= 15 is 0 Å². The lowest BCUT2D eigenvalue weighted by molar-refractivity contribution is 0.0966. The van der Waals surface area contributed by atoms with Gasteiger partial charge >= 0.3 is 0 Å². The molecule has 1 aromatic heterocycles. The molecule has 4 rings (SSSR count). The highest BCUT2D eigenvalue weighted by Crippen LogP contribution is 2.34. The molecule has 0 saturated carbocycles. The molecule has 2 N–H and O–H groups in total. The third-order valence-corrected chi connectivity index (χ3v) is 4.44. The standard InChI is InChI=1S/C20H18FN5O/c1-26(2)17-7-6-14(15-11-23-19(27)18(15)17)16-8-9-22-20(25-16)24-13-5-3-4-12(21)10-13/h3-10H,11H2,1-2H3,(H,23,27)(H,22,24,25). The summed E-state index contributed by atoms with van der Waals surface area (Å²) in [4.78, 5) is 23.0. The average Bonchev–Trinajstić information content (AvgIpc) is 3.03. The van der Waals surface area contributed by atoms with Gasteiger partial charge < -0.3 is 15.5 Å². The Morgan fingerprint density at radius 2 is 2.04 bits per heavy atom. The Bertz CT molecular complexity index is 1030. The maximum Gasteiger partial charge on any atom is 0.254 e. The van der Waals surface area contributed by atoms with Crippen LogP contribution in [-0.2, 0) is 6.54 Å². The summed E-state index contributed by atoms with van der Waals surface area (Å²) >= 11 is 0. The minimum Gasteiger partial charge on any atom is -0.377 e. The normalized spacial score (nSPS) is 12.5. The van der Waals surface area contributed by atoms with Gasteiger partial charge in [-0.3, -0.25) is 4.79 Å². The second kappa shape index (κ2) is 6.68. The van der Waals surface area contributed by atoms with Crippen molar-refractivity contribution in [2.75, 3.05) is 24.3 Å². The lowest BCUT2D eigenvalue weighted by atomic mass is 9.98. The summed E-state index contributed by atoms with van der Waals surface area (Å²) < 4.78 is 13.4. The zero-order chi connectivity index (χ0) is 19.0. The molecule has 0 spiro atoms. The van der Waals surface area contributed by atoms with Gasteiger partial charge in [0.05, 0.1) is 11.3 Å². The molecule has 2 heterocycles. The highest BCUT2D eigenvalue weighted by atomic mass is 19.1. The number of nitrogens with one attached hydrogen (secondary N) is 2. The summed E-state index contributed by atoms with van der Waals surface area (Å²) in [5, 5.41) is 5.89. The Hall–Kier alpha value is -3.48. The van der Waals surface area contributed by atoms with E-state index in [0.717, 1.165) is 16.8 Å². The van der Waals surface area contributed by atoms with Crippen LogP contribution in [0.2, 0.25) is 0 Å². The van der Waals surface area contributed by atoms with Gasteiger partial charge in [-0.2, -0.15) is 0 Å². The molecule has 2 aromatic carbocycles. The Morgan fingerprint density at radius 1 is 1.19 bits per heavy atom. The molecule has 0 radical (unpaired) electrons. The van der Waals surface area contributed by atoms with Crippen molar-refractivity contribution in [3.05, 3.63) is 65.6 Å². The van der Waals surface area contributed by atoms with Gasteiger partial charge in [0, 0.05) is 43.8 Å². The summed E-state index contributed by atoms with van der Waals surface area (Å²) in [5.74, 6) is -0.0543. The number of halogens is 1. The van der Waals surface area contributed by atoms with Crippen molar-refractivity contribution in [1.29, 1.82) is 0 Å². The molecule has 1 aliphatic heterocycles. The molecule has 1 aliphatic rings. The molecule has 136 valence electrons.